The molecule has 0 amide bonds. The standard InChI is InChI=1S/C7H6O3.C3H9N/c8-6-4-2-1-3-5(6)7(9)10;1-2-3-4/h1-4,8H,(H,9,10);2-4H2,1H3. The maximum Gasteiger partial charge on any atom is 0.339 e. The van der Waals surface area contributed by atoms with E-state index in [2.05, 4.69) is 6.92 Å². The zero-order valence-electron chi connectivity index (χ0n) is 8.10. The maximum absolute atomic E-state index is 10.3. The average molecular weight is 197 g/mol. The summed E-state index contributed by atoms with van der Waals surface area (Å²) in [4.78, 5) is 10.3. The lowest BCUT2D eigenvalue weighted by atomic mass is 10.2. The van der Waals surface area contributed by atoms with Crippen LogP contribution in [-0.2, 0) is 0 Å². The second kappa shape index (κ2) is 6.91. The van der Waals surface area contributed by atoms with Crippen LogP contribution < -0.4 is 5.73 Å². The van der Waals surface area contributed by atoms with Crippen molar-refractivity contribution in [1.29, 1.82) is 0 Å². The van der Waals surface area contributed by atoms with Gasteiger partial charge in [0.1, 0.15) is 11.3 Å². The summed E-state index contributed by atoms with van der Waals surface area (Å²) in [6.45, 7) is 2.88. The van der Waals surface area contributed by atoms with Gasteiger partial charge in [-0.25, -0.2) is 4.79 Å². The van der Waals surface area contributed by atoms with Crippen LogP contribution in [0.2, 0.25) is 0 Å². The number of carboxylic acids is 1. The lowest BCUT2D eigenvalue weighted by molar-refractivity contribution is 0.0694. The fourth-order valence-corrected chi connectivity index (χ4v) is 0.654. The smallest absolute Gasteiger partial charge is 0.339 e. The van der Waals surface area contributed by atoms with Crippen LogP contribution in [0.5, 0.6) is 5.75 Å². The van der Waals surface area contributed by atoms with Crippen LogP contribution in [0.3, 0.4) is 0 Å². The number of benzene rings is 1. The Hall–Kier alpha value is -1.55. The Bertz CT molecular complexity index is 284. The Morgan fingerprint density at radius 3 is 2.21 bits per heavy atom. The minimum absolute atomic E-state index is 0.0671. The number of carboxylic acid groups (broad SMARTS) is 1. The van der Waals surface area contributed by atoms with E-state index in [1.807, 2.05) is 0 Å². The van der Waals surface area contributed by atoms with Gasteiger partial charge in [0.05, 0.1) is 0 Å². The van der Waals surface area contributed by atoms with Gasteiger partial charge in [-0.15, -0.1) is 0 Å². The van der Waals surface area contributed by atoms with Crippen molar-refractivity contribution in [3.8, 4) is 5.75 Å². The Kier molecular flexibility index (Phi) is 6.15. The molecule has 0 radical (unpaired) electrons. The number of aromatic hydroxyl groups is 1. The van der Waals surface area contributed by atoms with Crippen molar-refractivity contribution in [1.82, 2.24) is 0 Å². The van der Waals surface area contributed by atoms with Crippen LogP contribution in [0.1, 0.15) is 23.7 Å². The number of hydrogen-bond donors (Lipinski definition) is 3. The second-order valence-corrected chi connectivity index (χ2v) is 2.61. The molecule has 4 nitrogen and oxygen atoms in total. The highest BCUT2D eigenvalue weighted by atomic mass is 16.4. The van der Waals surface area contributed by atoms with E-state index in [-0.39, 0.29) is 11.3 Å². The zero-order chi connectivity index (χ0) is 11.0. The molecular formula is C10H15NO3. The van der Waals surface area contributed by atoms with Crippen molar-refractivity contribution in [2.24, 2.45) is 5.73 Å². The summed E-state index contributed by atoms with van der Waals surface area (Å²) in [7, 11) is 0. The first-order valence-corrected chi connectivity index (χ1v) is 4.34. The maximum atomic E-state index is 10.3. The average Bonchev–Trinajstić information content (AvgIpc) is 2.18. The molecule has 4 heteroatoms. The van der Waals surface area contributed by atoms with Crippen molar-refractivity contribution in [2.45, 2.75) is 13.3 Å². The summed E-state index contributed by atoms with van der Waals surface area (Å²) in [5.74, 6) is -1.31. The fourth-order valence-electron chi connectivity index (χ4n) is 0.654. The number of hydrogen-bond acceptors (Lipinski definition) is 3. The highest BCUT2D eigenvalue weighted by Gasteiger charge is 2.05. The Balaban J connectivity index is 0.000000364. The topological polar surface area (TPSA) is 83.6 Å². The normalized spacial score (nSPS) is 8.71. The SMILES string of the molecule is CCCN.O=C(O)c1ccccc1O. The van der Waals surface area contributed by atoms with Gasteiger partial charge in [0.25, 0.3) is 0 Å². The highest BCUT2D eigenvalue weighted by Crippen LogP contribution is 2.14. The van der Waals surface area contributed by atoms with Crippen LogP contribution in [0.4, 0.5) is 0 Å². The van der Waals surface area contributed by atoms with Crippen LogP contribution in [-0.4, -0.2) is 22.7 Å². The van der Waals surface area contributed by atoms with Gasteiger partial charge in [0.15, 0.2) is 0 Å². The largest absolute Gasteiger partial charge is 0.507 e. The molecule has 0 aromatic heterocycles. The lowest BCUT2D eigenvalue weighted by Crippen LogP contribution is -1.95. The van der Waals surface area contributed by atoms with Gasteiger partial charge in [0.2, 0.25) is 0 Å². The van der Waals surface area contributed by atoms with E-state index < -0.39 is 5.97 Å². The van der Waals surface area contributed by atoms with Crippen molar-refractivity contribution in [3.63, 3.8) is 0 Å². The van der Waals surface area contributed by atoms with Crippen molar-refractivity contribution >= 4 is 5.97 Å². The molecule has 1 rings (SSSR count). The van der Waals surface area contributed by atoms with Crippen LogP contribution in [0.15, 0.2) is 24.3 Å². The molecular weight excluding hydrogens is 182 g/mol. The molecule has 0 spiro atoms. The lowest BCUT2D eigenvalue weighted by Gasteiger charge is -1.95. The molecule has 0 unspecified atom stereocenters. The van der Waals surface area contributed by atoms with Gasteiger partial charge in [0, 0.05) is 0 Å². The first-order chi connectivity index (χ1) is 6.63. The van der Waals surface area contributed by atoms with Crippen molar-refractivity contribution in [2.75, 3.05) is 6.54 Å². The molecule has 0 atom stereocenters. The van der Waals surface area contributed by atoms with E-state index in [4.69, 9.17) is 15.9 Å². The molecule has 0 bridgehead atoms. The molecule has 0 saturated heterocycles. The van der Waals surface area contributed by atoms with Crippen molar-refractivity contribution in [3.05, 3.63) is 29.8 Å². The summed E-state index contributed by atoms with van der Waals surface area (Å²) in [6.07, 6.45) is 1.10. The zero-order valence-corrected chi connectivity index (χ0v) is 8.10. The van der Waals surface area contributed by atoms with Crippen LogP contribution in [0.25, 0.3) is 0 Å². The van der Waals surface area contributed by atoms with E-state index >= 15 is 0 Å². The molecule has 14 heavy (non-hydrogen) atoms. The van der Waals surface area contributed by atoms with E-state index in [1.54, 1.807) is 12.1 Å². The Morgan fingerprint density at radius 1 is 1.43 bits per heavy atom. The van der Waals surface area contributed by atoms with E-state index in [0.717, 1.165) is 13.0 Å². The Morgan fingerprint density at radius 2 is 1.93 bits per heavy atom. The quantitative estimate of drug-likeness (QED) is 0.670. The molecule has 4 N–H and O–H groups in total. The summed E-state index contributed by atoms with van der Waals surface area (Å²) in [5, 5.41) is 17.3. The van der Waals surface area contributed by atoms with Crippen LogP contribution >= 0.6 is 0 Å². The number of para-hydroxylation sites is 1. The minimum atomic E-state index is -1.11. The summed E-state index contributed by atoms with van der Waals surface area (Å²) in [6, 6.07) is 5.81. The summed E-state index contributed by atoms with van der Waals surface area (Å²) in [5.41, 5.74) is 4.96. The van der Waals surface area contributed by atoms with Gasteiger partial charge < -0.3 is 15.9 Å². The third kappa shape index (κ3) is 4.47. The molecule has 0 fully saturated rings. The number of phenols is 1. The minimum Gasteiger partial charge on any atom is -0.507 e. The van der Waals surface area contributed by atoms with Crippen molar-refractivity contribution < 1.29 is 15.0 Å². The van der Waals surface area contributed by atoms with E-state index in [0.29, 0.717) is 0 Å². The van der Waals surface area contributed by atoms with Crippen LogP contribution in [0, 0.1) is 0 Å². The first kappa shape index (κ1) is 12.4. The van der Waals surface area contributed by atoms with Gasteiger partial charge >= 0.3 is 5.97 Å². The number of aromatic carboxylic acids is 1. The summed E-state index contributed by atoms with van der Waals surface area (Å²) >= 11 is 0. The molecule has 78 valence electrons. The molecule has 0 saturated carbocycles. The van der Waals surface area contributed by atoms with Gasteiger partial charge in [-0.2, -0.15) is 0 Å². The van der Waals surface area contributed by atoms with E-state index in [9.17, 15) is 4.79 Å². The molecule has 0 aliphatic rings. The molecule has 0 aliphatic heterocycles. The number of rotatable bonds is 2. The predicted molar refractivity (Wildman–Crippen MR) is 54.4 cm³/mol. The van der Waals surface area contributed by atoms with E-state index in [1.165, 1.54) is 12.1 Å². The van der Waals surface area contributed by atoms with Gasteiger partial charge in [-0.05, 0) is 25.1 Å². The third-order valence-corrected chi connectivity index (χ3v) is 1.42. The first-order valence-electron chi connectivity index (χ1n) is 4.34. The fraction of sp³-hybridized carbons (Fsp3) is 0.300. The molecule has 0 aliphatic carbocycles. The summed E-state index contributed by atoms with van der Waals surface area (Å²) < 4.78 is 0. The monoisotopic (exact) mass is 197 g/mol. The van der Waals surface area contributed by atoms with Gasteiger partial charge in [-0.1, -0.05) is 19.1 Å². The molecule has 1 aromatic carbocycles. The third-order valence-electron chi connectivity index (χ3n) is 1.42. The Labute approximate surface area is 83.0 Å². The molecule has 0 heterocycles. The highest BCUT2D eigenvalue weighted by molar-refractivity contribution is 5.90. The van der Waals surface area contributed by atoms with Gasteiger partial charge in [-0.3, -0.25) is 0 Å². The second-order valence-electron chi connectivity index (χ2n) is 2.61. The predicted octanol–water partition coefficient (Wildman–Crippen LogP) is 1.45. The number of nitrogens with two attached hydrogens (primary N) is 1. The number of carbonyl (C=O) groups is 1. The molecule has 1 aromatic rings.